The molecule has 0 aliphatic heterocycles. The summed E-state index contributed by atoms with van der Waals surface area (Å²) in [6.45, 7) is 2.79. The van der Waals surface area contributed by atoms with Gasteiger partial charge in [-0.3, -0.25) is 9.59 Å². The van der Waals surface area contributed by atoms with Gasteiger partial charge in [0.1, 0.15) is 5.76 Å². The van der Waals surface area contributed by atoms with E-state index in [4.69, 9.17) is 8.83 Å². The maximum atomic E-state index is 13.1. The summed E-state index contributed by atoms with van der Waals surface area (Å²) in [4.78, 5) is 27.0. The Bertz CT molecular complexity index is 1150. The summed E-state index contributed by atoms with van der Waals surface area (Å²) < 4.78 is 10.6. The minimum absolute atomic E-state index is 0.0997. The molecule has 0 bridgehead atoms. The van der Waals surface area contributed by atoms with E-state index < -0.39 is 0 Å². The largest absolute Gasteiger partial charge is 0.467 e. The van der Waals surface area contributed by atoms with Crippen molar-refractivity contribution in [2.75, 3.05) is 4.90 Å². The molecule has 0 atom stereocenters. The van der Waals surface area contributed by atoms with Crippen LogP contribution >= 0.6 is 0 Å². The van der Waals surface area contributed by atoms with Gasteiger partial charge in [0.15, 0.2) is 5.76 Å². The van der Waals surface area contributed by atoms with Crippen LogP contribution in [-0.4, -0.2) is 11.8 Å². The summed E-state index contributed by atoms with van der Waals surface area (Å²) in [5.41, 5.74) is 3.75. The first kappa shape index (κ1) is 21.2. The molecular weight excluding hydrogens is 404 g/mol. The average molecular weight is 428 g/mol. The lowest BCUT2D eigenvalue weighted by molar-refractivity contribution is -0.120. The van der Waals surface area contributed by atoms with Gasteiger partial charge in [0.2, 0.25) is 5.91 Å². The van der Waals surface area contributed by atoms with Crippen LogP contribution in [0.5, 0.6) is 0 Å². The van der Waals surface area contributed by atoms with Crippen molar-refractivity contribution < 1.29 is 18.4 Å². The summed E-state index contributed by atoms with van der Waals surface area (Å²) in [5.74, 6) is 0.659. The predicted octanol–water partition coefficient (Wildman–Crippen LogP) is 4.89. The summed E-state index contributed by atoms with van der Waals surface area (Å²) in [5, 5.41) is 2.84. The molecule has 6 heteroatoms. The van der Waals surface area contributed by atoms with E-state index in [-0.39, 0.29) is 24.0 Å². The zero-order valence-electron chi connectivity index (χ0n) is 17.8. The fourth-order valence-electron chi connectivity index (χ4n) is 3.33. The Kier molecular flexibility index (Phi) is 6.51. The van der Waals surface area contributed by atoms with E-state index in [2.05, 4.69) is 5.32 Å². The summed E-state index contributed by atoms with van der Waals surface area (Å²) in [6, 6.07) is 22.4. The molecule has 0 saturated heterocycles. The first-order valence-corrected chi connectivity index (χ1v) is 10.4. The van der Waals surface area contributed by atoms with E-state index in [1.54, 1.807) is 29.4 Å². The number of nitrogens with zero attached hydrogens (tertiary/aromatic N) is 1. The highest BCUT2D eigenvalue weighted by atomic mass is 16.3. The first-order valence-electron chi connectivity index (χ1n) is 10.4. The van der Waals surface area contributed by atoms with Crippen LogP contribution < -0.4 is 10.2 Å². The summed E-state index contributed by atoms with van der Waals surface area (Å²) in [7, 11) is 0. The van der Waals surface area contributed by atoms with Crippen LogP contribution in [0.2, 0.25) is 0 Å². The molecule has 0 spiro atoms. The zero-order valence-corrected chi connectivity index (χ0v) is 17.8. The van der Waals surface area contributed by atoms with Gasteiger partial charge in [-0.05, 0) is 54.4 Å². The summed E-state index contributed by atoms with van der Waals surface area (Å²) in [6.07, 6.45) is 3.30. The van der Waals surface area contributed by atoms with Crippen molar-refractivity contribution in [2.45, 2.75) is 26.4 Å². The van der Waals surface area contributed by atoms with Crippen molar-refractivity contribution >= 4 is 17.5 Å². The lowest BCUT2D eigenvalue weighted by Crippen LogP contribution is -2.30. The Morgan fingerprint density at radius 3 is 2.19 bits per heavy atom. The second-order valence-corrected chi connectivity index (χ2v) is 7.55. The highest BCUT2D eigenvalue weighted by molar-refractivity contribution is 6.04. The molecule has 4 rings (SSSR count). The maximum absolute atomic E-state index is 13.1. The Hall–Kier alpha value is -4.06. The van der Waals surface area contributed by atoms with Crippen LogP contribution in [0, 0.1) is 6.92 Å². The number of rotatable bonds is 8. The number of hydrogen-bond acceptors (Lipinski definition) is 4. The minimum Gasteiger partial charge on any atom is -0.467 e. The number of carbonyl (C=O) groups excluding carboxylic acids is 2. The maximum Gasteiger partial charge on any atom is 0.294 e. The lowest BCUT2D eigenvalue weighted by atomic mass is 10.1. The van der Waals surface area contributed by atoms with Gasteiger partial charge in [0, 0.05) is 5.69 Å². The van der Waals surface area contributed by atoms with E-state index in [1.807, 2.05) is 61.5 Å². The third-order valence-electron chi connectivity index (χ3n) is 5.09. The highest BCUT2D eigenvalue weighted by Gasteiger charge is 2.20. The van der Waals surface area contributed by atoms with E-state index in [0.717, 1.165) is 22.4 Å². The smallest absolute Gasteiger partial charge is 0.294 e. The van der Waals surface area contributed by atoms with E-state index in [9.17, 15) is 9.59 Å². The van der Waals surface area contributed by atoms with Crippen LogP contribution in [0.3, 0.4) is 0 Å². The highest BCUT2D eigenvalue weighted by Crippen LogP contribution is 2.22. The Morgan fingerprint density at radius 1 is 0.844 bits per heavy atom. The van der Waals surface area contributed by atoms with Crippen molar-refractivity contribution in [2.24, 2.45) is 0 Å². The second-order valence-electron chi connectivity index (χ2n) is 7.55. The molecule has 2 heterocycles. The third-order valence-corrected chi connectivity index (χ3v) is 5.09. The number of amides is 2. The molecular formula is C26H24N2O4. The van der Waals surface area contributed by atoms with Gasteiger partial charge < -0.3 is 19.1 Å². The minimum atomic E-state index is -0.223. The Labute approximate surface area is 186 Å². The summed E-state index contributed by atoms with van der Waals surface area (Å²) >= 11 is 0. The number of nitrogens with one attached hydrogen (secondary N) is 1. The third kappa shape index (κ3) is 5.35. The van der Waals surface area contributed by atoms with Crippen LogP contribution in [-0.2, 0) is 24.3 Å². The second kappa shape index (κ2) is 9.83. The quantitative estimate of drug-likeness (QED) is 0.434. The first-order chi connectivity index (χ1) is 15.6. The van der Waals surface area contributed by atoms with Gasteiger partial charge >= 0.3 is 0 Å². The van der Waals surface area contributed by atoms with Gasteiger partial charge in [-0.15, -0.1) is 0 Å². The molecule has 2 aromatic heterocycles. The Balaban J connectivity index is 1.47. The van der Waals surface area contributed by atoms with Crippen LogP contribution in [0.15, 0.2) is 94.2 Å². The van der Waals surface area contributed by atoms with Crippen LogP contribution in [0.25, 0.3) is 0 Å². The van der Waals surface area contributed by atoms with E-state index in [0.29, 0.717) is 18.8 Å². The zero-order chi connectivity index (χ0) is 22.3. The molecule has 0 fully saturated rings. The molecule has 4 aromatic rings. The number of aryl methyl sites for hydroxylation is 1. The van der Waals surface area contributed by atoms with Crippen LogP contribution in [0.1, 0.15) is 33.0 Å². The topological polar surface area (TPSA) is 75.7 Å². The number of carbonyl (C=O) groups is 2. The number of furan rings is 2. The molecule has 32 heavy (non-hydrogen) atoms. The molecule has 1 N–H and O–H groups in total. The molecule has 2 aromatic carbocycles. The molecule has 162 valence electrons. The molecule has 6 nitrogen and oxygen atoms in total. The molecule has 0 saturated carbocycles. The SMILES string of the molecule is Cc1ccc(CN(C(=O)c2ccco2)c2ccc(CC(=O)NCc3ccco3)cc2)cc1. The van der Waals surface area contributed by atoms with Crippen LogP contribution in [0.4, 0.5) is 5.69 Å². The van der Waals surface area contributed by atoms with Crippen molar-refractivity contribution in [1.82, 2.24) is 5.32 Å². The monoisotopic (exact) mass is 428 g/mol. The normalized spacial score (nSPS) is 10.7. The molecule has 0 aliphatic rings. The Morgan fingerprint density at radius 2 is 1.53 bits per heavy atom. The number of benzene rings is 2. The predicted molar refractivity (Wildman–Crippen MR) is 121 cm³/mol. The standard InChI is InChI=1S/C26H24N2O4/c1-19-6-8-21(9-7-19)18-28(26(30)24-5-3-15-32-24)22-12-10-20(11-13-22)16-25(29)27-17-23-4-2-14-31-23/h2-15H,16-18H2,1H3,(H,27,29). The van der Waals surface area contributed by atoms with Gasteiger partial charge in [-0.2, -0.15) is 0 Å². The fraction of sp³-hybridized carbons (Fsp3) is 0.154. The molecule has 0 unspecified atom stereocenters. The van der Waals surface area contributed by atoms with Crippen molar-refractivity contribution in [3.05, 3.63) is 114 Å². The number of hydrogen-bond donors (Lipinski definition) is 1. The lowest BCUT2D eigenvalue weighted by Gasteiger charge is -2.22. The number of anilines is 1. The van der Waals surface area contributed by atoms with Gasteiger partial charge in [0.25, 0.3) is 5.91 Å². The molecule has 0 aliphatic carbocycles. The van der Waals surface area contributed by atoms with E-state index >= 15 is 0 Å². The van der Waals surface area contributed by atoms with Gasteiger partial charge in [-0.1, -0.05) is 42.0 Å². The molecule has 2 amide bonds. The van der Waals surface area contributed by atoms with Gasteiger partial charge in [-0.25, -0.2) is 0 Å². The van der Waals surface area contributed by atoms with Crippen molar-refractivity contribution in [3.8, 4) is 0 Å². The van der Waals surface area contributed by atoms with Crippen molar-refractivity contribution in [3.63, 3.8) is 0 Å². The molecule has 0 radical (unpaired) electrons. The van der Waals surface area contributed by atoms with Crippen molar-refractivity contribution in [1.29, 1.82) is 0 Å². The van der Waals surface area contributed by atoms with Gasteiger partial charge in [0.05, 0.1) is 32.0 Å². The average Bonchev–Trinajstić information content (AvgIpc) is 3.52. The van der Waals surface area contributed by atoms with E-state index in [1.165, 1.54) is 6.26 Å². The fourth-order valence-corrected chi connectivity index (χ4v) is 3.33.